The molecule has 2 rings (SSSR count). The van der Waals surface area contributed by atoms with Gasteiger partial charge >= 0.3 is 11.9 Å². The van der Waals surface area contributed by atoms with E-state index in [0.29, 0.717) is 0 Å². The molecule has 0 aliphatic carbocycles. The van der Waals surface area contributed by atoms with E-state index in [1.54, 1.807) is 13.8 Å². The van der Waals surface area contributed by atoms with Gasteiger partial charge < -0.3 is 4.74 Å². The summed E-state index contributed by atoms with van der Waals surface area (Å²) in [7, 11) is -9.62. The molecule has 0 spiro atoms. The van der Waals surface area contributed by atoms with Crippen molar-refractivity contribution < 1.29 is 40.3 Å². The van der Waals surface area contributed by atoms with Crippen molar-refractivity contribution in [3.63, 3.8) is 0 Å². The first-order valence-electron chi connectivity index (χ1n) is 8.37. The van der Waals surface area contributed by atoms with Crippen molar-refractivity contribution in [3.05, 3.63) is 58.7 Å². The third-order valence-electron chi connectivity index (χ3n) is 4.10. The predicted molar refractivity (Wildman–Crippen MR) is 101 cm³/mol. The Morgan fingerprint density at radius 1 is 0.759 bits per heavy atom. The van der Waals surface area contributed by atoms with Gasteiger partial charge in [-0.05, 0) is 36.1 Å². The Kier molecular flexibility index (Phi) is 6.58. The topological polar surface area (TPSA) is 152 Å². The maximum Gasteiger partial charge on any atom is 0.347 e. The molecule has 2 aromatic carbocycles. The Morgan fingerprint density at radius 2 is 1.10 bits per heavy atom. The minimum absolute atomic E-state index is 0.126. The lowest BCUT2D eigenvalue weighted by molar-refractivity contribution is 0.0391. The highest BCUT2D eigenvalue weighted by atomic mass is 32.2. The highest BCUT2D eigenvalue weighted by Crippen LogP contribution is 2.25. The van der Waals surface area contributed by atoms with Crippen LogP contribution in [0.15, 0.2) is 46.2 Å². The largest absolute Gasteiger partial charge is 0.386 e. The Bertz CT molecular complexity index is 1090. The van der Waals surface area contributed by atoms with Crippen LogP contribution in [0.2, 0.25) is 0 Å². The molecule has 0 amide bonds. The van der Waals surface area contributed by atoms with Crippen LogP contribution in [-0.2, 0) is 37.8 Å². The lowest BCUT2D eigenvalue weighted by Crippen LogP contribution is -2.19. The zero-order chi connectivity index (χ0) is 22.0. The molecule has 0 saturated carbocycles. The summed E-state index contributed by atoms with van der Waals surface area (Å²) in [5, 5.41) is 0. The molecule has 0 heterocycles. The van der Waals surface area contributed by atoms with Gasteiger partial charge in [0, 0.05) is 0 Å². The summed E-state index contributed by atoms with van der Waals surface area (Å²) < 4.78 is 70.5. The number of carbonyl (C=O) groups is 2. The van der Waals surface area contributed by atoms with E-state index in [-0.39, 0.29) is 24.0 Å². The van der Waals surface area contributed by atoms with Crippen molar-refractivity contribution in [3.8, 4) is 0 Å². The smallest absolute Gasteiger partial charge is 0.347 e. The first kappa shape index (κ1) is 22.7. The van der Waals surface area contributed by atoms with E-state index >= 15 is 0 Å². The molecule has 9 nitrogen and oxygen atoms in total. The van der Waals surface area contributed by atoms with E-state index in [1.807, 2.05) is 0 Å². The van der Waals surface area contributed by atoms with E-state index in [9.17, 15) is 35.5 Å². The fourth-order valence-electron chi connectivity index (χ4n) is 2.85. The number of ether oxygens (including phenoxy) is 1. The average molecular weight is 442 g/mol. The molecule has 0 unspecified atom stereocenters. The quantitative estimate of drug-likeness (QED) is 0.390. The molecule has 0 saturated heterocycles. The first-order chi connectivity index (χ1) is 13.4. The zero-order valence-electron chi connectivity index (χ0n) is 15.4. The van der Waals surface area contributed by atoms with E-state index < -0.39 is 53.1 Å². The van der Waals surface area contributed by atoms with Crippen molar-refractivity contribution >= 4 is 32.2 Å². The monoisotopic (exact) mass is 442 g/mol. The van der Waals surface area contributed by atoms with Crippen LogP contribution >= 0.6 is 0 Å². The Morgan fingerprint density at radius 3 is 1.38 bits per heavy atom. The van der Waals surface area contributed by atoms with Crippen LogP contribution in [0.4, 0.5) is 0 Å². The summed E-state index contributed by atoms with van der Waals surface area (Å²) in [5.41, 5.74) is -0.914. The second-order valence-corrected chi connectivity index (χ2v) is 8.64. The second-order valence-electron chi connectivity index (χ2n) is 5.92. The number of carbonyl (C=O) groups excluding carboxylic acids is 2. The molecule has 0 aliphatic rings. The van der Waals surface area contributed by atoms with Gasteiger partial charge in [0.15, 0.2) is 0 Å². The van der Waals surface area contributed by atoms with Crippen LogP contribution in [-0.4, -0.2) is 37.9 Å². The summed E-state index contributed by atoms with van der Waals surface area (Å²) >= 11 is 0. The molecule has 0 bridgehead atoms. The first-order valence-corrected chi connectivity index (χ1v) is 11.2. The van der Waals surface area contributed by atoms with Gasteiger partial charge in [-0.2, -0.15) is 16.8 Å². The summed E-state index contributed by atoms with van der Waals surface area (Å²) in [4.78, 5) is 23.5. The lowest BCUT2D eigenvalue weighted by atomic mass is 10.1. The highest BCUT2D eigenvalue weighted by molar-refractivity contribution is 7.86. The van der Waals surface area contributed by atoms with E-state index in [0.717, 1.165) is 12.1 Å². The zero-order valence-corrected chi connectivity index (χ0v) is 17.1. The molecule has 0 fully saturated rings. The molecule has 0 radical (unpaired) electrons. The molecule has 0 atom stereocenters. The minimum atomic E-state index is -4.81. The minimum Gasteiger partial charge on any atom is -0.386 e. The molecule has 156 valence electrons. The van der Waals surface area contributed by atoms with Gasteiger partial charge in [0.25, 0.3) is 20.2 Å². The average Bonchev–Trinajstić information content (AvgIpc) is 2.64. The molecular formula is C18H18O9S2. The van der Waals surface area contributed by atoms with Gasteiger partial charge in [-0.15, -0.1) is 0 Å². The van der Waals surface area contributed by atoms with Gasteiger partial charge in [-0.3, -0.25) is 9.11 Å². The molecule has 0 aliphatic heterocycles. The normalized spacial score (nSPS) is 11.9. The van der Waals surface area contributed by atoms with E-state index in [4.69, 9.17) is 0 Å². The predicted octanol–water partition coefficient (Wildman–Crippen LogP) is 2.30. The number of rotatable bonds is 6. The maximum atomic E-state index is 12.4. The van der Waals surface area contributed by atoms with Crippen molar-refractivity contribution in [2.75, 3.05) is 0 Å². The second kappa shape index (κ2) is 8.41. The van der Waals surface area contributed by atoms with Crippen molar-refractivity contribution in [2.45, 2.75) is 36.5 Å². The maximum absolute atomic E-state index is 12.4. The molecule has 0 aromatic heterocycles. The van der Waals surface area contributed by atoms with Gasteiger partial charge in [-0.1, -0.05) is 38.1 Å². The molecule has 29 heavy (non-hydrogen) atoms. The number of hydrogen-bond acceptors (Lipinski definition) is 7. The SMILES string of the molecule is CCc1cccc(C(=O)OC(=O)c2cccc(CC)c2S(=O)(=O)O)c1S(=O)(=O)O. The van der Waals surface area contributed by atoms with Gasteiger partial charge in [0.05, 0.1) is 11.1 Å². The van der Waals surface area contributed by atoms with Crippen LogP contribution < -0.4 is 0 Å². The molecular weight excluding hydrogens is 424 g/mol. The highest BCUT2D eigenvalue weighted by Gasteiger charge is 2.29. The van der Waals surface area contributed by atoms with Gasteiger partial charge in [0.2, 0.25) is 0 Å². The summed E-state index contributed by atoms with van der Waals surface area (Å²) in [6.45, 7) is 3.19. The Labute approximate surface area is 167 Å². The lowest BCUT2D eigenvalue weighted by Gasteiger charge is -2.12. The standard InChI is InChI=1S/C18H18O9S2/c1-3-11-7-5-9-13(15(11)28(21,22)23)17(19)27-18(20)14-10-6-8-12(4-2)16(14)29(24,25)26/h5-10H,3-4H2,1-2H3,(H,21,22,23)(H,24,25,26). The van der Waals surface area contributed by atoms with E-state index in [2.05, 4.69) is 4.74 Å². The summed E-state index contributed by atoms with van der Waals surface area (Å²) in [6, 6.07) is 7.53. The van der Waals surface area contributed by atoms with Gasteiger partial charge in [-0.25, -0.2) is 9.59 Å². The third kappa shape index (κ3) is 4.88. The van der Waals surface area contributed by atoms with Crippen LogP contribution in [0, 0.1) is 0 Å². The summed E-state index contributed by atoms with van der Waals surface area (Å²) in [5.74, 6) is -2.80. The Hall–Kier alpha value is -2.60. The van der Waals surface area contributed by atoms with Crippen molar-refractivity contribution in [2.24, 2.45) is 0 Å². The number of aryl methyl sites for hydroxylation is 2. The fourth-order valence-corrected chi connectivity index (χ4v) is 4.80. The van der Waals surface area contributed by atoms with Crippen LogP contribution in [0.1, 0.15) is 45.7 Å². The fraction of sp³-hybridized carbons (Fsp3) is 0.222. The van der Waals surface area contributed by atoms with Gasteiger partial charge in [0.1, 0.15) is 9.79 Å². The van der Waals surface area contributed by atoms with Crippen LogP contribution in [0.3, 0.4) is 0 Å². The van der Waals surface area contributed by atoms with Crippen molar-refractivity contribution in [1.82, 2.24) is 0 Å². The summed E-state index contributed by atoms with van der Waals surface area (Å²) in [6.07, 6.45) is 0.325. The Balaban J connectivity index is 2.54. The number of esters is 2. The third-order valence-corrected chi connectivity index (χ3v) is 6.09. The molecule has 2 aromatic rings. The molecule has 2 N–H and O–H groups in total. The molecule has 11 heteroatoms. The van der Waals surface area contributed by atoms with Crippen LogP contribution in [0.5, 0.6) is 0 Å². The number of benzene rings is 2. The number of hydrogen-bond donors (Lipinski definition) is 2. The van der Waals surface area contributed by atoms with Crippen molar-refractivity contribution in [1.29, 1.82) is 0 Å². The van der Waals surface area contributed by atoms with Crippen LogP contribution in [0.25, 0.3) is 0 Å². The van der Waals surface area contributed by atoms with E-state index in [1.165, 1.54) is 24.3 Å².